The number of hydrogen-bond donors (Lipinski definition) is 0. The first-order valence-electron chi connectivity index (χ1n) is 10.4. The molecule has 2 aliphatic rings. The Labute approximate surface area is 179 Å². The van der Waals surface area contributed by atoms with E-state index < -0.39 is 11.7 Å². The Morgan fingerprint density at radius 1 is 1.17 bits per heavy atom. The topological polar surface area (TPSA) is 39.9 Å². The number of benzene rings is 1. The second-order valence-corrected chi connectivity index (χ2v) is 9.03. The zero-order valence-corrected chi connectivity index (χ0v) is 17.5. The van der Waals surface area contributed by atoms with E-state index in [9.17, 15) is 18.4 Å². The van der Waals surface area contributed by atoms with Crippen molar-refractivity contribution in [3.63, 3.8) is 0 Å². The molecule has 1 unspecified atom stereocenters. The summed E-state index contributed by atoms with van der Waals surface area (Å²) in [7, 11) is 0. The molecule has 1 aliphatic carbocycles. The summed E-state index contributed by atoms with van der Waals surface area (Å²) in [6.07, 6.45) is -0.679. The van der Waals surface area contributed by atoms with Gasteiger partial charge >= 0.3 is 6.18 Å². The molecule has 0 bridgehead atoms. The maximum Gasteiger partial charge on any atom is 0.418 e. The number of nitrogens with zero attached hydrogens (tertiary/aromatic N) is 3. The van der Waals surface area contributed by atoms with Crippen LogP contribution in [-0.2, 0) is 19.0 Å². The fourth-order valence-corrected chi connectivity index (χ4v) is 5.55. The van der Waals surface area contributed by atoms with Gasteiger partial charge in [0.2, 0.25) is 0 Å². The second-order valence-electron chi connectivity index (χ2n) is 7.95. The Bertz CT molecular complexity index is 931. The largest absolute Gasteiger partial charge is 0.418 e. The van der Waals surface area contributed by atoms with E-state index in [-0.39, 0.29) is 28.5 Å². The average molecular weight is 432 g/mol. The lowest BCUT2D eigenvalue weighted by atomic mass is 9.79. The molecular weight excluding hydrogens is 407 g/mol. The first-order chi connectivity index (χ1) is 14.5. The Kier molecular flexibility index (Phi) is 6.35. The summed E-state index contributed by atoms with van der Waals surface area (Å²) in [5.74, 6) is 0.659. The van der Waals surface area contributed by atoms with Gasteiger partial charge in [0.05, 0.1) is 11.1 Å². The van der Waals surface area contributed by atoms with Gasteiger partial charge in [-0.05, 0) is 62.2 Å². The monoisotopic (exact) mass is 431 g/mol. The highest BCUT2D eigenvalue weighted by atomic mass is 32.2. The Morgan fingerprint density at radius 2 is 1.90 bits per heavy atom. The fraction of sp³-hybridized carbons (Fsp3) is 0.478. The number of halogens is 3. The summed E-state index contributed by atoms with van der Waals surface area (Å²) in [6.45, 7) is 2.89. The lowest BCUT2D eigenvalue weighted by Gasteiger charge is -2.28. The second kappa shape index (κ2) is 8.99. The van der Waals surface area contributed by atoms with Crippen molar-refractivity contribution in [2.24, 2.45) is 0 Å². The molecule has 0 radical (unpaired) electrons. The van der Waals surface area contributed by atoms with Crippen LogP contribution in [0.5, 0.6) is 0 Å². The van der Waals surface area contributed by atoms with Gasteiger partial charge in [0, 0.05) is 18.0 Å². The molecule has 2 heterocycles. The smallest absolute Gasteiger partial charge is 0.303 e. The number of aromatic nitrogens is 1. The van der Waals surface area contributed by atoms with Gasteiger partial charge in [-0.2, -0.15) is 18.4 Å². The average Bonchev–Trinajstić information content (AvgIpc) is 3.26. The molecule has 0 N–H and O–H groups in total. The van der Waals surface area contributed by atoms with Crippen molar-refractivity contribution in [3.05, 3.63) is 58.3 Å². The van der Waals surface area contributed by atoms with E-state index in [1.54, 1.807) is 0 Å². The molecule has 3 nitrogen and oxygen atoms in total. The standard InChI is InChI=1S/C23H24F3N3S/c24-23(25,26)21-18-14-17(16-6-2-1-3-7-16)8-9-20(18)28-22(19(21)15-27)30-13-12-29-10-4-5-11-29/h1-3,6-7,17H,4-5,8-14H2. The lowest BCUT2D eigenvalue weighted by Crippen LogP contribution is -2.23. The fourth-order valence-electron chi connectivity index (χ4n) is 4.54. The van der Waals surface area contributed by atoms with Crippen LogP contribution in [0.25, 0.3) is 0 Å². The number of pyridine rings is 1. The van der Waals surface area contributed by atoms with Crippen molar-refractivity contribution in [1.29, 1.82) is 5.26 Å². The van der Waals surface area contributed by atoms with Crippen molar-refractivity contribution in [1.82, 2.24) is 9.88 Å². The predicted octanol–water partition coefficient (Wildman–Crippen LogP) is 5.43. The molecule has 0 saturated carbocycles. The number of likely N-dealkylation sites (tertiary alicyclic amines) is 1. The third kappa shape index (κ3) is 4.50. The van der Waals surface area contributed by atoms with Crippen LogP contribution in [-0.4, -0.2) is 35.3 Å². The molecule has 158 valence electrons. The van der Waals surface area contributed by atoms with Crippen molar-refractivity contribution in [2.45, 2.75) is 49.2 Å². The van der Waals surface area contributed by atoms with Crippen molar-refractivity contribution in [2.75, 3.05) is 25.4 Å². The third-order valence-electron chi connectivity index (χ3n) is 6.04. The molecular formula is C23H24F3N3S. The zero-order valence-electron chi connectivity index (χ0n) is 16.7. The molecule has 0 spiro atoms. The summed E-state index contributed by atoms with van der Waals surface area (Å²) in [4.78, 5) is 6.88. The lowest BCUT2D eigenvalue weighted by molar-refractivity contribution is -0.138. The number of thioether (sulfide) groups is 1. The van der Waals surface area contributed by atoms with Gasteiger partial charge in [0.15, 0.2) is 0 Å². The van der Waals surface area contributed by atoms with Crippen molar-refractivity contribution >= 4 is 11.8 Å². The van der Waals surface area contributed by atoms with Crippen LogP contribution >= 0.6 is 11.8 Å². The molecule has 7 heteroatoms. The zero-order chi connectivity index (χ0) is 21.1. The maximum atomic E-state index is 14.1. The molecule has 0 amide bonds. The molecule has 2 aromatic rings. The highest BCUT2D eigenvalue weighted by molar-refractivity contribution is 7.99. The van der Waals surface area contributed by atoms with E-state index in [1.807, 2.05) is 36.4 Å². The van der Waals surface area contributed by atoms with Crippen LogP contribution in [0.15, 0.2) is 35.4 Å². The number of hydrogen-bond acceptors (Lipinski definition) is 4. The van der Waals surface area contributed by atoms with Crippen LogP contribution in [0, 0.1) is 11.3 Å². The summed E-state index contributed by atoms with van der Waals surface area (Å²) in [6, 6.07) is 11.5. The van der Waals surface area contributed by atoms with E-state index >= 15 is 0 Å². The van der Waals surface area contributed by atoms with Crippen LogP contribution < -0.4 is 0 Å². The summed E-state index contributed by atoms with van der Waals surface area (Å²) in [5.41, 5.74) is 0.694. The quantitative estimate of drug-likeness (QED) is 0.592. The van der Waals surface area contributed by atoms with Gasteiger partial charge in [-0.25, -0.2) is 4.98 Å². The van der Waals surface area contributed by atoms with Crippen molar-refractivity contribution < 1.29 is 13.2 Å². The number of rotatable bonds is 5. The van der Waals surface area contributed by atoms with Crippen LogP contribution in [0.1, 0.15) is 53.1 Å². The SMILES string of the molecule is N#Cc1c(SCCN2CCCC2)nc2c(c1C(F)(F)F)CC(c1ccccc1)CC2. The molecule has 1 fully saturated rings. The summed E-state index contributed by atoms with van der Waals surface area (Å²) in [5, 5.41) is 9.88. The summed E-state index contributed by atoms with van der Waals surface area (Å²) < 4.78 is 42.3. The van der Waals surface area contributed by atoms with E-state index in [0.29, 0.717) is 17.9 Å². The number of fused-ring (bicyclic) bond motifs is 1. The number of aryl methyl sites for hydroxylation is 1. The molecule has 1 atom stereocenters. The number of alkyl halides is 3. The Morgan fingerprint density at radius 3 is 2.57 bits per heavy atom. The minimum atomic E-state index is -4.57. The third-order valence-corrected chi connectivity index (χ3v) is 7.00. The van der Waals surface area contributed by atoms with Crippen LogP contribution in [0.3, 0.4) is 0 Å². The van der Waals surface area contributed by atoms with E-state index in [2.05, 4.69) is 9.88 Å². The molecule has 4 rings (SSSR count). The first-order valence-corrected chi connectivity index (χ1v) is 11.4. The summed E-state index contributed by atoms with van der Waals surface area (Å²) >= 11 is 1.28. The van der Waals surface area contributed by atoms with Gasteiger partial charge in [0.1, 0.15) is 11.1 Å². The Balaban J connectivity index is 1.65. The van der Waals surface area contributed by atoms with Gasteiger partial charge in [-0.15, -0.1) is 11.8 Å². The van der Waals surface area contributed by atoms with E-state index in [1.165, 1.54) is 24.6 Å². The first kappa shape index (κ1) is 21.2. The van der Waals surface area contributed by atoms with Gasteiger partial charge in [-0.3, -0.25) is 0 Å². The number of nitriles is 1. The Hall–Kier alpha value is -2.04. The van der Waals surface area contributed by atoms with Gasteiger partial charge < -0.3 is 4.90 Å². The highest BCUT2D eigenvalue weighted by Gasteiger charge is 2.41. The molecule has 30 heavy (non-hydrogen) atoms. The van der Waals surface area contributed by atoms with E-state index in [4.69, 9.17) is 0 Å². The highest BCUT2D eigenvalue weighted by Crippen LogP contribution is 2.43. The molecule has 1 aromatic heterocycles. The van der Waals surface area contributed by atoms with Crippen molar-refractivity contribution in [3.8, 4) is 6.07 Å². The van der Waals surface area contributed by atoms with E-state index in [0.717, 1.165) is 31.6 Å². The van der Waals surface area contributed by atoms with Crippen LogP contribution in [0.2, 0.25) is 0 Å². The molecule has 1 saturated heterocycles. The van der Waals surface area contributed by atoms with Gasteiger partial charge in [-0.1, -0.05) is 30.3 Å². The predicted molar refractivity (Wildman–Crippen MR) is 112 cm³/mol. The van der Waals surface area contributed by atoms with Crippen LogP contribution in [0.4, 0.5) is 13.2 Å². The minimum absolute atomic E-state index is 0.0156. The molecule has 1 aromatic carbocycles. The van der Waals surface area contributed by atoms with Gasteiger partial charge in [0.25, 0.3) is 0 Å². The minimum Gasteiger partial charge on any atom is -0.303 e. The maximum absolute atomic E-state index is 14.1. The molecule has 1 aliphatic heterocycles. The normalized spacial score (nSPS) is 19.5.